The van der Waals surface area contributed by atoms with Crippen molar-refractivity contribution in [2.45, 2.75) is 29.3 Å². The number of fused-ring (bicyclic) bond motifs is 4. The van der Waals surface area contributed by atoms with E-state index in [1.165, 1.54) is 42.1 Å². The Bertz CT molecular complexity index is 1170. The van der Waals surface area contributed by atoms with Crippen molar-refractivity contribution in [1.29, 1.82) is 0 Å². The number of halogens is 2. The first-order valence-electron chi connectivity index (χ1n) is 9.94. The molecule has 144 valence electrons. The van der Waals surface area contributed by atoms with Crippen molar-refractivity contribution in [3.8, 4) is 0 Å². The van der Waals surface area contributed by atoms with Crippen LogP contribution in [0.25, 0.3) is 22.7 Å². The molecule has 0 radical (unpaired) electrons. The molecule has 3 aliphatic rings. The van der Waals surface area contributed by atoms with Crippen LogP contribution in [0.2, 0.25) is 0 Å². The van der Waals surface area contributed by atoms with Crippen LogP contribution < -0.4 is 34.0 Å². The summed E-state index contributed by atoms with van der Waals surface area (Å²) in [6, 6.07) is 18.2. The molecule has 1 nitrogen and oxygen atoms in total. The van der Waals surface area contributed by atoms with Gasteiger partial charge in [-0.1, -0.05) is 0 Å². The fourth-order valence-electron chi connectivity index (χ4n) is 5.02. The Morgan fingerprint density at radius 3 is 2.62 bits per heavy atom. The summed E-state index contributed by atoms with van der Waals surface area (Å²) in [5.41, 5.74) is 9.16. The van der Waals surface area contributed by atoms with E-state index in [1.807, 2.05) is 0 Å². The predicted octanol–water partition coefficient (Wildman–Crippen LogP) is 0.117. The van der Waals surface area contributed by atoms with Crippen LogP contribution >= 0.6 is 0 Å². The smallest absolute Gasteiger partial charge is 1.00 e. The molecule has 0 fully saturated rings. The van der Waals surface area contributed by atoms with Crippen LogP contribution in [0, 0.1) is 0 Å². The van der Waals surface area contributed by atoms with E-state index in [1.54, 1.807) is 25.8 Å². The molecule has 4 heteroatoms. The summed E-state index contributed by atoms with van der Waals surface area (Å²) in [4.78, 5) is 0. The SMILES string of the molecule is C1=CC[C]([Zr+2][CH]2C(n3c4c(c5ccccc53)CCC4)=Cc3ccccc32)=C1.[Br-].[Br-]. The Morgan fingerprint density at radius 2 is 1.76 bits per heavy atom. The first-order valence-corrected chi connectivity index (χ1v) is 12.6. The molecule has 0 saturated carbocycles. The molecular weight excluding hydrogens is 565 g/mol. The van der Waals surface area contributed by atoms with Gasteiger partial charge in [-0.2, -0.15) is 0 Å². The molecule has 0 N–H and O–H groups in total. The molecular formula is C25H21Br2NZr. The van der Waals surface area contributed by atoms with Crippen molar-refractivity contribution in [1.82, 2.24) is 4.57 Å². The van der Waals surface area contributed by atoms with Crippen LogP contribution in [0.4, 0.5) is 0 Å². The quantitative estimate of drug-likeness (QED) is 0.411. The Labute approximate surface area is 204 Å². The first-order chi connectivity index (χ1) is 13.4. The van der Waals surface area contributed by atoms with Gasteiger partial charge in [-0.25, -0.2) is 0 Å². The van der Waals surface area contributed by atoms with E-state index < -0.39 is 23.2 Å². The van der Waals surface area contributed by atoms with Crippen molar-refractivity contribution in [3.63, 3.8) is 0 Å². The Hall–Kier alpha value is -0.957. The maximum absolute atomic E-state index is 2.66. The van der Waals surface area contributed by atoms with E-state index in [2.05, 4.69) is 77.4 Å². The van der Waals surface area contributed by atoms with Crippen molar-refractivity contribution in [2.24, 2.45) is 0 Å². The zero-order valence-corrected chi connectivity index (χ0v) is 21.7. The minimum Gasteiger partial charge on any atom is -1.00 e. The predicted molar refractivity (Wildman–Crippen MR) is 109 cm³/mol. The van der Waals surface area contributed by atoms with Crippen molar-refractivity contribution in [3.05, 3.63) is 92.4 Å². The van der Waals surface area contributed by atoms with Gasteiger partial charge in [-0.05, 0) is 0 Å². The van der Waals surface area contributed by atoms with E-state index in [0.717, 1.165) is 0 Å². The fourth-order valence-corrected chi connectivity index (χ4v) is 8.90. The topological polar surface area (TPSA) is 4.93 Å². The van der Waals surface area contributed by atoms with Crippen molar-refractivity contribution >= 4 is 22.7 Å². The van der Waals surface area contributed by atoms with E-state index in [4.69, 9.17) is 0 Å². The molecule has 0 aliphatic heterocycles. The van der Waals surface area contributed by atoms with E-state index in [9.17, 15) is 0 Å². The van der Waals surface area contributed by atoms with E-state index in [-0.39, 0.29) is 34.0 Å². The van der Waals surface area contributed by atoms with Gasteiger partial charge in [0.05, 0.1) is 0 Å². The summed E-state index contributed by atoms with van der Waals surface area (Å²) in [6.07, 6.45) is 14.4. The molecule has 3 aliphatic carbocycles. The van der Waals surface area contributed by atoms with Gasteiger partial charge in [0.1, 0.15) is 0 Å². The van der Waals surface area contributed by atoms with Crippen LogP contribution in [0.1, 0.15) is 38.9 Å². The number of allylic oxidation sites excluding steroid dienone is 5. The maximum atomic E-state index is 2.66. The van der Waals surface area contributed by atoms with Crippen LogP contribution in [-0.2, 0) is 36.1 Å². The minimum absolute atomic E-state index is 0. The summed E-state index contributed by atoms with van der Waals surface area (Å²) in [5.74, 6) is 0. The van der Waals surface area contributed by atoms with Gasteiger partial charge in [0.2, 0.25) is 0 Å². The van der Waals surface area contributed by atoms with Crippen LogP contribution in [0.5, 0.6) is 0 Å². The monoisotopic (exact) mass is 583 g/mol. The third kappa shape index (κ3) is 3.46. The number of aryl methyl sites for hydroxylation is 1. The van der Waals surface area contributed by atoms with Gasteiger partial charge in [-0.15, -0.1) is 0 Å². The molecule has 0 amide bonds. The van der Waals surface area contributed by atoms with Gasteiger partial charge in [0.25, 0.3) is 0 Å². The Kier molecular flexibility index (Phi) is 6.35. The molecule has 3 aromatic rings. The number of hydrogen-bond donors (Lipinski definition) is 0. The van der Waals surface area contributed by atoms with E-state index >= 15 is 0 Å². The maximum Gasteiger partial charge on any atom is -1.00 e. The second kappa shape index (κ2) is 8.65. The van der Waals surface area contributed by atoms with Gasteiger partial charge in [0, 0.05) is 0 Å². The second-order valence-electron chi connectivity index (χ2n) is 7.73. The summed E-state index contributed by atoms with van der Waals surface area (Å²) in [6.45, 7) is 0. The normalized spacial score (nSPS) is 18.4. The molecule has 1 unspecified atom stereocenters. The minimum atomic E-state index is -0.724. The average molecular weight is 586 g/mol. The average Bonchev–Trinajstić information content (AvgIpc) is 3.46. The number of benzene rings is 2. The van der Waals surface area contributed by atoms with Crippen molar-refractivity contribution in [2.75, 3.05) is 0 Å². The molecule has 1 heterocycles. The number of nitrogens with zero attached hydrogens (tertiary/aromatic N) is 1. The number of aromatic nitrogens is 1. The zero-order valence-electron chi connectivity index (χ0n) is 16.0. The molecule has 2 aromatic carbocycles. The van der Waals surface area contributed by atoms with E-state index in [0.29, 0.717) is 3.63 Å². The summed E-state index contributed by atoms with van der Waals surface area (Å²) in [7, 11) is 0. The summed E-state index contributed by atoms with van der Waals surface area (Å²) < 4.78 is 5.00. The fraction of sp³-hybridized carbons (Fsp3) is 0.200. The van der Waals surface area contributed by atoms with Gasteiger partial charge < -0.3 is 34.0 Å². The standard InChI is InChI=1S/C20H16N.C5H5.2BrH.Zr/c1-2-7-15-13-16(12-14(15)6-1)21-19-10-4-3-8-17(19)18-9-5-11-20(18)21;1-2-4-5-3-1;;;/h1-4,6-8,10,12-13H,5,9,11H2;1-3H,4H2;2*1H;/q;;;;+2/p-2. The van der Waals surface area contributed by atoms with Gasteiger partial charge in [-0.3, -0.25) is 0 Å². The molecule has 0 spiro atoms. The first kappa shape index (κ1) is 21.3. The molecule has 1 atom stereocenters. The van der Waals surface area contributed by atoms with Crippen LogP contribution in [0.15, 0.2) is 70.0 Å². The van der Waals surface area contributed by atoms with Crippen molar-refractivity contribution < 1.29 is 57.2 Å². The molecule has 0 saturated heterocycles. The number of rotatable bonds is 3. The second-order valence-corrected chi connectivity index (χ2v) is 11.4. The molecule has 0 bridgehead atoms. The third-order valence-electron chi connectivity index (χ3n) is 6.19. The van der Waals surface area contributed by atoms with Gasteiger partial charge >= 0.3 is 172 Å². The molecule has 1 aromatic heterocycles. The summed E-state index contributed by atoms with van der Waals surface area (Å²) in [5, 5.41) is 1.48. The number of hydrogen-bond acceptors (Lipinski definition) is 0. The third-order valence-corrected chi connectivity index (χ3v) is 10.2. The number of para-hydroxylation sites is 1. The summed E-state index contributed by atoms with van der Waals surface area (Å²) >= 11 is -0.724. The zero-order chi connectivity index (χ0) is 17.8. The molecule has 6 rings (SSSR count). The largest absolute Gasteiger partial charge is 1.00 e. The molecule has 29 heavy (non-hydrogen) atoms. The Morgan fingerprint density at radius 1 is 0.931 bits per heavy atom. The van der Waals surface area contributed by atoms with Gasteiger partial charge in [0.15, 0.2) is 0 Å². The van der Waals surface area contributed by atoms with Crippen LogP contribution in [0.3, 0.4) is 0 Å². The van der Waals surface area contributed by atoms with Crippen LogP contribution in [-0.4, -0.2) is 4.57 Å². The Balaban J connectivity index is 0.00000102.